The topological polar surface area (TPSA) is 64.3 Å². The highest BCUT2D eigenvalue weighted by Crippen LogP contribution is 2.24. The van der Waals surface area contributed by atoms with Crippen LogP contribution in [-0.4, -0.2) is 27.5 Å². The minimum absolute atomic E-state index is 0.300. The quantitative estimate of drug-likeness (QED) is 0.461. The number of carboxylic acid groups (broad SMARTS) is 1. The average molecular weight is 397 g/mol. The van der Waals surface area contributed by atoms with E-state index in [0.29, 0.717) is 46.8 Å². The molecule has 1 aromatic heterocycles. The summed E-state index contributed by atoms with van der Waals surface area (Å²) in [7, 11) is 0. The molecule has 0 bridgehead atoms. The van der Waals surface area contributed by atoms with Crippen LogP contribution < -0.4 is 4.74 Å². The molecule has 0 fully saturated rings. The predicted molar refractivity (Wildman–Crippen MR) is 104 cm³/mol. The second-order valence-corrected chi connectivity index (χ2v) is 6.67. The number of carboxylic acids is 1. The molecule has 2 rings (SSSR count). The van der Waals surface area contributed by atoms with Crippen LogP contribution in [0.4, 0.5) is 0 Å². The van der Waals surface area contributed by atoms with Gasteiger partial charge >= 0.3 is 5.97 Å². The van der Waals surface area contributed by atoms with E-state index in [1.54, 1.807) is 35.9 Å². The van der Waals surface area contributed by atoms with Crippen molar-refractivity contribution >= 4 is 35.2 Å². The summed E-state index contributed by atoms with van der Waals surface area (Å²) in [6.45, 7) is 4.84. The smallest absolute Gasteiger partial charge is 0.331 e. The van der Waals surface area contributed by atoms with Crippen LogP contribution in [0.2, 0.25) is 10.0 Å². The van der Waals surface area contributed by atoms with Crippen LogP contribution >= 0.6 is 23.2 Å². The van der Waals surface area contributed by atoms with Gasteiger partial charge in [0, 0.05) is 21.7 Å². The maximum Gasteiger partial charge on any atom is 0.331 e. The molecule has 0 spiro atoms. The van der Waals surface area contributed by atoms with Crippen LogP contribution in [0.1, 0.15) is 44.4 Å². The Bertz CT molecular complexity index is 800. The van der Waals surface area contributed by atoms with Crippen molar-refractivity contribution in [3.63, 3.8) is 0 Å². The van der Waals surface area contributed by atoms with E-state index < -0.39 is 5.97 Å². The minimum Gasteiger partial charge on any atom is -0.478 e. The Morgan fingerprint density at radius 3 is 2.69 bits per heavy atom. The van der Waals surface area contributed by atoms with Gasteiger partial charge in [0.15, 0.2) is 0 Å². The average Bonchev–Trinajstić information content (AvgIpc) is 2.96. The Labute approximate surface area is 163 Å². The first-order valence-corrected chi connectivity index (χ1v) is 9.28. The number of carbonyl (C=O) groups is 1. The zero-order chi connectivity index (χ0) is 19.1. The maximum absolute atomic E-state index is 11.3. The van der Waals surface area contributed by atoms with E-state index in [1.807, 2.05) is 6.07 Å². The highest BCUT2D eigenvalue weighted by atomic mass is 35.5. The third kappa shape index (κ3) is 5.51. The molecule has 140 valence electrons. The fraction of sp³-hybridized carbons (Fsp3) is 0.368. The van der Waals surface area contributed by atoms with E-state index in [1.165, 1.54) is 0 Å². The summed E-state index contributed by atoms with van der Waals surface area (Å²) in [5.41, 5.74) is 1.79. The van der Waals surface area contributed by atoms with Crippen molar-refractivity contribution in [2.45, 2.75) is 39.7 Å². The molecule has 0 aliphatic rings. The van der Waals surface area contributed by atoms with Gasteiger partial charge < -0.3 is 9.84 Å². The van der Waals surface area contributed by atoms with Gasteiger partial charge in [0.25, 0.3) is 0 Å². The third-order valence-electron chi connectivity index (χ3n) is 3.85. The first kappa shape index (κ1) is 20.3. The Balaban J connectivity index is 2.36. The summed E-state index contributed by atoms with van der Waals surface area (Å²) in [6, 6.07) is 7.01. The van der Waals surface area contributed by atoms with Crippen molar-refractivity contribution in [1.29, 1.82) is 0 Å². The number of hydrogen-bond donors (Lipinski definition) is 1. The lowest BCUT2D eigenvalue weighted by Crippen LogP contribution is -2.06. The minimum atomic E-state index is -0.946. The highest BCUT2D eigenvalue weighted by molar-refractivity contribution is 6.35. The number of unbranched alkanes of at least 4 members (excludes halogenated alkanes) is 1. The van der Waals surface area contributed by atoms with Crippen molar-refractivity contribution in [2.24, 2.45) is 0 Å². The molecule has 0 aliphatic heterocycles. The summed E-state index contributed by atoms with van der Waals surface area (Å²) in [4.78, 5) is 11.3. The van der Waals surface area contributed by atoms with Crippen LogP contribution in [0.25, 0.3) is 6.08 Å². The molecule has 0 amide bonds. The Hall–Kier alpha value is -1.98. The van der Waals surface area contributed by atoms with Crippen LogP contribution in [0, 0.1) is 0 Å². The number of aliphatic carboxylic acids is 1. The molecule has 1 heterocycles. The normalized spacial score (nSPS) is 11.6. The van der Waals surface area contributed by atoms with Gasteiger partial charge in [-0.15, -0.1) is 5.10 Å². The lowest BCUT2D eigenvalue weighted by atomic mass is 10.1. The maximum atomic E-state index is 11.3. The SMILES string of the molecule is CCCCOc1cc(C=C(CC)C(=O)O)n(Cc2ccc(Cl)cc2Cl)n1. The number of ether oxygens (including phenoxy) is 1. The van der Waals surface area contributed by atoms with Gasteiger partial charge in [-0.3, -0.25) is 4.68 Å². The van der Waals surface area contributed by atoms with Crippen LogP contribution in [-0.2, 0) is 11.3 Å². The second kappa shape index (κ2) is 9.64. The number of halogens is 2. The van der Waals surface area contributed by atoms with Crippen molar-refractivity contribution in [3.8, 4) is 5.88 Å². The lowest BCUT2D eigenvalue weighted by molar-refractivity contribution is -0.132. The van der Waals surface area contributed by atoms with Crippen LogP contribution in [0.3, 0.4) is 0 Å². The Kier molecular flexibility index (Phi) is 7.54. The molecular formula is C19H22Cl2N2O3. The van der Waals surface area contributed by atoms with Gasteiger partial charge in [0.1, 0.15) is 0 Å². The van der Waals surface area contributed by atoms with Gasteiger partial charge in [-0.25, -0.2) is 4.79 Å². The number of hydrogen-bond acceptors (Lipinski definition) is 3. The van der Waals surface area contributed by atoms with Crippen LogP contribution in [0.15, 0.2) is 29.8 Å². The molecule has 1 N–H and O–H groups in total. The fourth-order valence-electron chi connectivity index (χ4n) is 2.35. The number of aromatic nitrogens is 2. The van der Waals surface area contributed by atoms with E-state index in [9.17, 15) is 9.90 Å². The zero-order valence-corrected chi connectivity index (χ0v) is 16.3. The van der Waals surface area contributed by atoms with Gasteiger partial charge in [0.05, 0.1) is 18.8 Å². The molecular weight excluding hydrogens is 375 g/mol. The van der Waals surface area contributed by atoms with Crippen molar-refractivity contribution in [3.05, 3.63) is 51.1 Å². The van der Waals surface area contributed by atoms with Gasteiger partial charge in [0.2, 0.25) is 5.88 Å². The molecule has 26 heavy (non-hydrogen) atoms. The lowest BCUT2D eigenvalue weighted by Gasteiger charge is -2.08. The molecule has 5 nitrogen and oxygen atoms in total. The van der Waals surface area contributed by atoms with Crippen molar-refractivity contribution < 1.29 is 14.6 Å². The number of benzene rings is 1. The van der Waals surface area contributed by atoms with Gasteiger partial charge in [-0.2, -0.15) is 0 Å². The van der Waals surface area contributed by atoms with Gasteiger partial charge in [-0.05, 0) is 36.6 Å². The molecule has 0 aliphatic carbocycles. The molecule has 0 unspecified atom stereocenters. The first-order chi connectivity index (χ1) is 12.4. The highest BCUT2D eigenvalue weighted by Gasteiger charge is 2.13. The standard InChI is InChI=1S/C19H22Cl2N2O3/c1-3-5-8-26-18-11-16(9-13(4-2)19(24)25)23(22-18)12-14-6-7-15(20)10-17(14)21/h6-7,9-11H,3-5,8,12H2,1-2H3,(H,24,25). The zero-order valence-electron chi connectivity index (χ0n) is 14.8. The molecule has 0 atom stereocenters. The Morgan fingerprint density at radius 2 is 2.08 bits per heavy atom. The predicted octanol–water partition coefficient (Wildman–Crippen LogP) is 5.30. The summed E-state index contributed by atoms with van der Waals surface area (Å²) < 4.78 is 7.36. The van der Waals surface area contributed by atoms with E-state index in [0.717, 1.165) is 18.4 Å². The van der Waals surface area contributed by atoms with E-state index in [2.05, 4.69) is 12.0 Å². The van der Waals surface area contributed by atoms with E-state index >= 15 is 0 Å². The summed E-state index contributed by atoms with van der Waals surface area (Å²) >= 11 is 12.2. The Morgan fingerprint density at radius 1 is 1.31 bits per heavy atom. The van der Waals surface area contributed by atoms with E-state index in [-0.39, 0.29) is 0 Å². The summed E-state index contributed by atoms with van der Waals surface area (Å²) in [5, 5.41) is 14.8. The third-order valence-corrected chi connectivity index (χ3v) is 4.44. The fourth-order valence-corrected chi connectivity index (χ4v) is 2.81. The molecule has 2 aromatic rings. The van der Waals surface area contributed by atoms with Crippen molar-refractivity contribution in [2.75, 3.05) is 6.61 Å². The number of rotatable bonds is 9. The second-order valence-electron chi connectivity index (χ2n) is 5.83. The first-order valence-electron chi connectivity index (χ1n) is 8.53. The largest absolute Gasteiger partial charge is 0.478 e. The van der Waals surface area contributed by atoms with Crippen molar-refractivity contribution in [1.82, 2.24) is 9.78 Å². The molecule has 7 heteroatoms. The molecule has 0 radical (unpaired) electrons. The summed E-state index contributed by atoms with van der Waals surface area (Å²) in [6.07, 6.45) is 3.98. The van der Waals surface area contributed by atoms with E-state index in [4.69, 9.17) is 27.9 Å². The van der Waals surface area contributed by atoms with Crippen LogP contribution in [0.5, 0.6) is 5.88 Å². The monoisotopic (exact) mass is 396 g/mol. The molecule has 1 aromatic carbocycles. The molecule has 0 saturated carbocycles. The summed E-state index contributed by atoms with van der Waals surface area (Å²) in [5.74, 6) is -0.478. The number of nitrogens with zero attached hydrogens (tertiary/aromatic N) is 2. The van der Waals surface area contributed by atoms with Gasteiger partial charge in [-0.1, -0.05) is 49.5 Å². The molecule has 0 saturated heterocycles.